The van der Waals surface area contributed by atoms with E-state index in [0.717, 1.165) is 5.56 Å². The van der Waals surface area contributed by atoms with Crippen molar-refractivity contribution in [2.24, 2.45) is 0 Å². The lowest BCUT2D eigenvalue weighted by Crippen LogP contribution is -2.52. The molecule has 17 heavy (non-hydrogen) atoms. The highest BCUT2D eigenvalue weighted by atomic mass is 19.1. The van der Waals surface area contributed by atoms with Crippen LogP contribution in [0, 0.1) is 0 Å². The monoisotopic (exact) mass is 238 g/mol. The van der Waals surface area contributed by atoms with Gasteiger partial charge in [0.15, 0.2) is 0 Å². The Morgan fingerprint density at radius 3 is 2.88 bits per heavy atom. The van der Waals surface area contributed by atoms with Gasteiger partial charge in [-0.2, -0.15) is 5.32 Å². The summed E-state index contributed by atoms with van der Waals surface area (Å²) in [6.07, 6.45) is 0. The zero-order chi connectivity index (χ0) is 12.1. The molecular weight excluding hydrogens is 225 g/mol. The first kappa shape index (κ1) is 12.0. The van der Waals surface area contributed by atoms with Crippen LogP contribution < -0.4 is 5.32 Å². The van der Waals surface area contributed by atoms with Crippen molar-refractivity contribution in [2.75, 3.05) is 19.8 Å². The lowest BCUT2D eigenvalue weighted by atomic mass is 10.2. The number of ether oxygens (including phenoxy) is 2. The average molecular weight is 238 g/mol. The molecule has 0 amide bonds. The van der Waals surface area contributed by atoms with Crippen LogP contribution in [0.4, 0.5) is 4.39 Å². The van der Waals surface area contributed by atoms with E-state index in [9.17, 15) is 9.18 Å². The highest BCUT2D eigenvalue weighted by Crippen LogP contribution is 2.16. The summed E-state index contributed by atoms with van der Waals surface area (Å²) in [7, 11) is 0. The second kappa shape index (κ2) is 5.25. The molecule has 1 aliphatic rings. The molecule has 1 unspecified atom stereocenters. The van der Waals surface area contributed by atoms with Crippen LogP contribution in [0.2, 0.25) is 0 Å². The van der Waals surface area contributed by atoms with Gasteiger partial charge in [-0.15, -0.1) is 0 Å². The number of nitrogens with zero attached hydrogens (tertiary/aromatic N) is 1. The lowest BCUT2D eigenvalue weighted by molar-refractivity contribution is -0.172. The van der Waals surface area contributed by atoms with Crippen LogP contribution in [-0.2, 0) is 20.9 Å². The molecule has 1 radical (unpaired) electrons. The fraction of sp³-hybridized carbons (Fsp3) is 0.417. The van der Waals surface area contributed by atoms with Crippen molar-refractivity contribution in [3.63, 3.8) is 0 Å². The van der Waals surface area contributed by atoms with Crippen LogP contribution in [0.3, 0.4) is 0 Å². The van der Waals surface area contributed by atoms with Gasteiger partial charge >= 0.3 is 5.97 Å². The van der Waals surface area contributed by atoms with Crippen molar-refractivity contribution >= 4 is 5.97 Å². The minimum atomic E-state index is -2.34. The highest BCUT2D eigenvalue weighted by Gasteiger charge is 2.43. The Kier molecular flexibility index (Phi) is 3.71. The lowest BCUT2D eigenvalue weighted by Gasteiger charge is -2.26. The van der Waals surface area contributed by atoms with Crippen LogP contribution in [0.25, 0.3) is 0 Å². The number of hydrogen-bond acceptors (Lipinski definition) is 3. The van der Waals surface area contributed by atoms with Crippen molar-refractivity contribution in [1.82, 2.24) is 5.32 Å². The normalized spacial score (nSPS) is 24.3. The van der Waals surface area contributed by atoms with E-state index in [0.29, 0.717) is 6.61 Å². The molecule has 91 valence electrons. The summed E-state index contributed by atoms with van der Waals surface area (Å²) in [6.45, 7) is 0.204. The van der Waals surface area contributed by atoms with Crippen LogP contribution in [0.5, 0.6) is 0 Å². The Labute approximate surface area is 98.7 Å². The summed E-state index contributed by atoms with van der Waals surface area (Å²) in [4.78, 5) is 11.5. The van der Waals surface area contributed by atoms with E-state index in [1.807, 2.05) is 18.2 Å². The number of benzene rings is 1. The second-order valence-corrected chi connectivity index (χ2v) is 3.76. The van der Waals surface area contributed by atoms with E-state index in [4.69, 9.17) is 9.47 Å². The van der Waals surface area contributed by atoms with Crippen molar-refractivity contribution in [2.45, 2.75) is 12.4 Å². The van der Waals surface area contributed by atoms with Crippen LogP contribution in [-0.4, -0.2) is 31.5 Å². The summed E-state index contributed by atoms with van der Waals surface area (Å²) in [5.74, 6) is -3.33. The molecular formula is C12H13FNO3. The number of carbonyl (C=O) groups excluding carboxylic acids is 1. The molecule has 2 rings (SSSR count). The molecule has 1 atom stereocenters. The molecule has 1 saturated heterocycles. The van der Waals surface area contributed by atoms with E-state index in [1.54, 1.807) is 12.1 Å². The summed E-state index contributed by atoms with van der Waals surface area (Å²) in [6, 6.07) is 9.09. The molecule has 1 aliphatic heterocycles. The fourth-order valence-corrected chi connectivity index (χ4v) is 1.50. The van der Waals surface area contributed by atoms with Gasteiger partial charge in [0, 0.05) is 6.54 Å². The molecule has 0 aliphatic carbocycles. The number of alkyl halides is 1. The van der Waals surface area contributed by atoms with E-state index in [-0.39, 0.29) is 19.8 Å². The maximum Gasteiger partial charge on any atom is 0.363 e. The van der Waals surface area contributed by atoms with Gasteiger partial charge in [-0.05, 0) is 5.56 Å². The maximum atomic E-state index is 13.9. The number of hydrogen-bond donors (Lipinski definition) is 0. The Morgan fingerprint density at radius 1 is 1.47 bits per heavy atom. The van der Waals surface area contributed by atoms with E-state index in [1.165, 1.54) is 0 Å². The quantitative estimate of drug-likeness (QED) is 0.583. The molecule has 4 nitrogen and oxygen atoms in total. The van der Waals surface area contributed by atoms with Crippen molar-refractivity contribution in [1.29, 1.82) is 0 Å². The Morgan fingerprint density at radius 2 is 2.24 bits per heavy atom. The van der Waals surface area contributed by atoms with Crippen molar-refractivity contribution in [3.05, 3.63) is 35.9 Å². The molecule has 0 saturated carbocycles. The van der Waals surface area contributed by atoms with Gasteiger partial charge in [0.1, 0.15) is 13.2 Å². The number of morpholine rings is 1. The second-order valence-electron chi connectivity index (χ2n) is 3.76. The predicted octanol–water partition coefficient (Wildman–Crippen LogP) is 1.03. The molecule has 0 aromatic heterocycles. The molecule has 1 heterocycles. The van der Waals surface area contributed by atoms with Crippen molar-refractivity contribution in [3.8, 4) is 0 Å². The smallest absolute Gasteiger partial charge is 0.363 e. The first-order chi connectivity index (χ1) is 8.21. The third-order valence-corrected chi connectivity index (χ3v) is 2.42. The van der Waals surface area contributed by atoms with Crippen LogP contribution in [0.1, 0.15) is 5.56 Å². The van der Waals surface area contributed by atoms with Crippen LogP contribution in [0.15, 0.2) is 30.3 Å². The predicted molar refractivity (Wildman–Crippen MR) is 57.9 cm³/mol. The minimum absolute atomic E-state index is 0.0425. The summed E-state index contributed by atoms with van der Waals surface area (Å²) in [5, 5.41) is 3.61. The molecule has 1 aromatic carbocycles. The summed E-state index contributed by atoms with van der Waals surface area (Å²) >= 11 is 0. The molecule has 1 aromatic rings. The van der Waals surface area contributed by atoms with Gasteiger partial charge in [0.2, 0.25) is 0 Å². The standard InChI is InChI=1S/C12H13FNO3/c13-12(9-16-7-6-14-12)11(15)17-8-10-4-2-1-3-5-10/h1-5H,6-9H2. The third kappa shape index (κ3) is 3.01. The SMILES string of the molecule is O=C(OCc1ccccc1)C1(F)COCC[N]1. The Balaban J connectivity index is 1.88. The Bertz CT molecular complexity index is 377. The third-order valence-electron chi connectivity index (χ3n) is 2.42. The van der Waals surface area contributed by atoms with Gasteiger partial charge in [-0.1, -0.05) is 30.3 Å². The average Bonchev–Trinajstić information content (AvgIpc) is 2.38. The summed E-state index contributed by atoms with van der Waals surface area (Å²) < 4.78 is 23.7. The first-order valence-electron chi connectivity index (χ1n) is 5.37. The van der Waals surface area contributed by atoms with Gasteiger partial charge in [0.25, 0.3) is 5.79 Å². The minimum Gasteiger partial charge on any atom is -0.457 e. The van der Waals surface area contributed by atoms with Gasteiger partial charge in [-0.3, -0.25) is 0 Å². The fourth-order valence-electron chi connectivity index (χ4n) is 1.50. The largest absolute Gasteiger partial charge is 0.457 e. The van der Waals surface area contributed by atoms with E-state index < -0.39 is 11.8 Å². The van der Waals surface area contributed by atoms with Gasteiger partial charge in [0.05, 0.1) is 6.61 Å². The highest BCUT2D eigenvalue weighted by molar-refractivity contribution is 5.79. The Hall–Kier alpha value is -1.46. The molecule has 0 spiro atoms. The van der Waals surface area contributed by atoms with Crippen molar-refractivity contribution < 1.29 is 18.7 Å². The molecule has 5 heteroatoms. The first-order valence-corrected chi connectivity index (χ1v) is 5.37. The van der Waals surface area contributed by atoms with E-state index in [2.05, 4.69) is 5.32 Å². The molecule has 1 fully saturated rings. The summed E-state index contributed by atoms with van der Waals surface area (Å²) in [5.41, 5.74) is 0.807. The molecule has 0 bridgehead atoms. The number of carbonyl (C=O) groups is 1. The van der Waals surface area contributed by atoms with E-state index >= 15 is 0 Å². The zero-order valence-corrected chi connectivity index (χ0v) is 9.27. The number of esters is 1. The number of rotatable bonds is 3. The van der Waals surface area contributed by atoms with Gasteiger partial charge < -0.3 is 9.47 Å². The topological polar surface area (TPSA) is 49.6 Å². The molecule has 0 N–H and O–H groups in total. The van der Waals surface area contributed by atoms with Gasteiger partial charge in [-0.25, -0.2) is 9.18 Å². The number of halogens is 1. The van der Waals surface area contributed by atoms with Crippen LogP contribution >= 0.6 is 0 Å². The maximum absolute atomic E-state index is 13.9. The zero-order valence-electron chi connectivity index (χ0n) is 9.27.